The average molecular weight is 318 g/mol. The quantitative estimate of drug-likeness (QED) is 0.709. The number of phenolic OH excluding ortho intramolecular Hbond substituents is 1. The van der Waals surface area contributed by atoms with Crippen molar-refractivity contribution in [2.45, 2.75) is 78.2 Å². The largest absolute Gasteiger partial charge is 0.507 e. The van der Waals surface area contributed by atoms with E-state index in [1.54, 1.807) is 6.07 Å². The fourth-order valence-corrected chi connectivity index (χ4v) is 3.35. The number of hydrogen-bond acceptors (Lipinski definition) is 3. The van der Waals surface area contributed by atoms with Crippen molar-refractivity contribution in [2.24, 2.45) is 5.92 Å². The molecule has 1 N–H and O–H groups in total. The number of benzene rings is 1. The minimum Gasteiger partial charge on any atom is -0.507 e. The van der Waals surface area contributed by atoms with E-state index in [1.807, 2.05) is 19.9 Å². The predicted octanol–water partition coefficient (Wildman–Crippen LogP) is 5.46. The van der Waals surface area contributed by atoms with E-state index in [-0.39, 0.29) is 11.5 Å². The average Bonchev–Trinajstić information content (AvgIpc) is 2.44. The molecule has 0 amide bonds. The number of carbonyl (C=O) groups excluding carboxylic acids is 1. The van der Waals surface area contributed by atoms with Crippen LogP contribution in [0.5, 0.6) is 11.5 Å². The molecular weight excluding hydrogens is 288 g/mol. The summed E-state index contributed by atoms with van der Waals surface area (Å²) in [5, 5.41) is 10.3. The SMILES string of the molecule is CCCCCC(C)C(C)c1cc(O)c2c(c1)OC(C)(C)CC2=O. The normalized spacial score (nSPS) is 18.9. The van der Waals surface area contributed by atoms with Gasteiger partial charge in [-0.25, -0.2) is 0 Å². The highest BCUT2D eigenvalue weighted by Crippen LogP contribution is 2.41. The molecule has 2 atom stereocenters. The van der Waals surface area contributed by atoms with E-state index >= 15 is 0 Å². The van der Waals surface area contributed by atoms with Crippen LogP contribution in [0.2, 0.25) is 0 Å². The molecule has 0 saturated heterocycles. The lowest BCUT2D eigenvalue weighted by Crippen LogP contribution is -2.36. The summed E-state index contributed by atoms with van der Waals surface area (Å²) >= 11 is 0. The minimum absolute atomic E-state index is 0.0380. The van der Waals surface area contributed by atoms with Crippen molar-refractivity contribution in [1.82, 2.24) is 0 Å². The van der Waals surface area contributed by atoms with E-state index in [1.165, 1.54) is 25.7 Å². The van der Waals surface area contributed by atoms with Crippen molar-refractivity contribution in [2.75, 3.05) is 0 Å². The Balaban J connectivity index is 2.25. The van der Waals surface area contributed by atoms with Crippen LogP contribution in [0, 0.1) is 5.92 Å². The molecular formula is C20H30O3. The van der Waals surface area contributed by atoms with Gasteiger partial charge in [0.2, 0.25) is 0 Å². The van der Waals surface area contributed by atoms with Gasteiger partial charge in [0.15, 0.2) is 5.78 Å². The molecule has 0 aromatic heterocycles. The van der Waals surface area contributed by atoms with Gasteiger partial charge in [0.05, 0.1) is 6.42 Å². The number of unbranched alkanes of at least 4 members (excludes halogenated alkanes) is 2. The molecule has 3 nitrogen and oxygen atoms in total. The van der Waals surface area contributed by atoms with Gasteiger partial charge in [0.1, 0.15) is 22.7 Å². The first-order valence-corrected chi connectivity index (χ1v) is 8.84. The van der Waals surface area contributed by atoms with Crippen LogP contribution in [0.25, 0.3) is 0 Å². The molecule has 0 spiro atoms. The van der Waals surface area contributed by atoms with Crippen LogP contribution < -0.4 is 4.74 Å². The molecule has 2 unspecified atom stereocenters. The van der Waals surface area contributed by atoms with Gasteiger partial charge in [-0.05, 0) is 43.4 Å². The Morgan fingerprint density at radius 2 is 1.96 bits per heavy atom. The van der Waals surface area contributed by atoms with Gasteiger partial charge in [-0.1, -0.05) is 46.5 Å². The van der Waals surface area contributed by atoms with Crippen molar-refractivity contribution in [3.05, 3.63) is 23.3 Å². The van der Waals surface area contributed by atoms with E-state index in [9.17, 15) is 9.90 Å². The van der Waals surface area contributed by atoms with E-state index in [0.717, 1.165) is 5.56 Å². The van der Waals surface area contributed by atoms with Gasteiger partial charge in [-0.3, -0.25) is 4.79 Å². The third kappa shape index (κ3) is 4.07. The zero-order valence-corrected chi connectivity index (χ0v) is 15.1. The maximum Gasteiger partial charge on any atom is 0.174 e. The van der Waals surface area contributed by atoms with Crippen molar-refractivity contribution in [1.29, 1.82) is 0 Å². The standard InChI is InChI=1S/C20H30O3/c1-6-7-8-9-13(2)14(3)15-10-16(21)19-17(22)12-20(4,5)23-18(19)11-15/h10-11,13-14,21H,6-9,12H2,1-5H3. The Bertz CT molecular complexity index is 574. The van der Waals surface area contributed by atoms with Crippen LogP contribution >= 0.6 is 0 Å². The molecule has 1 aromatic carbocycles. The van der Waals surface area contributed by atoms with Gasteiger partial charge < -0.3 is 9.84 Å². The minimum atomic E-state index is -0.509. The Kier molecular flexibility index (Phi) is 5.38. The molecule has 1 aliphatic rings. The molecule has 1 heterocycles. The molecule has 3 heteroatoms. The van der Waals surface area contributed by atoms with Crippen LogP contribution in [0.4, 0.5) is 0 Å². The zero-order chi connectivity index (χ0) is 17.2. The summed E-state index contributed by atoms with van der Waals surface area (Å²) < 4.78 is 5.96. The summed E-state index contributed by atoms with van der Waals surface area (Å²) in [5.41, 5.74) is 0.889. The number of phenols is 1. The fraction of sp³-hybridized carbons (Fsp3) is 0.650. The topological polar surface area (TPSA) is 46.5 Å². The monoisotopic (exact) mass is 318 g/mol. The number of fused-ring (bicyclic) bond motifs is 1. The van der Waals surface area contributed by atoms with Crippen LogP contribution in [0.1, 0.15) is 88.6 Å². The molecule has 1 aromatic rings. The van der Waals surface area contributed by atoms with Crippen LogP contribution in [0.15, 0.2) is 12.1 Å². The fourth-order valence-electron chi connectivity index (χ4n) is 3.35. The molecule has 0 radical (unpaired) electrons. The van der Waals surface area contributed by atoms with Crippen molar-refractivity contribution < 1.29 is 14.6 Å². The van der Waals surface area contributed by atoms with Crippen molar-refractivity contribution in [3.8, 4) is 11.5 Å². The van der Waals surface area contributed by atoms with Crippen LogP contribution in [0.3, 0.4) is 0 Å². The van der Waals surface area contributed by atoms with E-state index in [4.69, 9.17) is 4.74 Å². The molecule has 23 heavy (non-hydrogen) atoms. The van der Waals surface area contributed by atoms with Gasteiger partial charge in [0.25, 0.3) is 0 Å². The lowest BCUT2D eigenvalue weighted by molar-refractivity contribution is 0.0613. The molecule has 2 rings (SSSR count). The second-order valence-corrected chi connectivity index (χ2v) is 7.64. The molecule has 128 valence electrons. The predicted molar refractivity (Wildman–Crippen MR) is 93.5 cm³/mol. The van der Waals surface area contributed by atoms with Crippen molar-refractivity contribution in [3.63, 3.8) is 0 Å². The highest BCUT2D eigenvalue weighted by molar-refractivity contribution is 6.02. The summed E-state index contributed by atoms with van der Waals surface area (Å²) in [6.07, 6.45) is 5.21. The van der Waals surface area contributed by atoms with E-state index in [0.29, 0.717) is 29.6 Å². The highest BCUT2D eigenvalue weighted by Gasteiger charge is 2.35. The maximum atomic E-state index is 12.3. The molecule has 0 saturated carbocycles. The Hall–Kier alpha value is -1.51. The lowest BCUT2D eigenvalue weighted by Gasteiger charge is -2.33. The first-order valence-electron chi connectivity index (χ1n) is 8.84. The third-order valence-electron chi connectivity index (χ3n) is 5.00. The number of ether oxygens (including phenoxy) is 1. The maximum absolute atomic E-state index is 12.3. The first kappa shape index (κ1) is 17.8. The number of ketones is 1. The Labute approximate surface area is 140 Å². The van der Waals surface area contributed by atoms with Crippen molar-refractivity contribution >= 4 is 5.78 Å². The summed E-state index contributed by atoms with van der Waals surface area (Å²) in [7, 11) is 0. The molecule has 1 aliphatic heterocycles. The van der Waals surface area contributed by atoms with E-state index in [2.05, 4.69) is 20.8 Å². The summed E-state index contributed by atoms with van der Waals surface area (Å²) in [6, 6.07) is 3.70. The molecule has 0 fully saturated rings. The van der Waals surface area contributed by atoms with Crippen LogP contribution in [-0.2, 0) is 0 Å². The Morgan fingerprint density at radius 3 is 2.61 bits per heavy atom. The summed E-state index contributed by atoms with van der Waals surface area (Å²) in [4.78, 5) is 12.3. The lowest BCUT2D eigenvalue weighted by atomic mass is 9.83. The second-order valence-electron chi connectivity index (χ2n) is 7.64. The van der Waals surface area contributed by atoms with Gasteiger partial charge in [-0.15, -0.1) is 0 Å². The zero-order valence-electron chi connectivity index (χ0n) is 15.1. The Morgan fingerprint density at radius 1 is 1.26 bits per heavy atom. The number of hydrogen-bond donors (Lipinski definition) is 1. The van der Waals surface area contributed by atoms with Gasteiger partial charge in [0, 0.05) is 0 Å². The van der Waals surface area contributed by atoms with E-state index < -0.39 is 5.60 Å². The summed E-state index contributed by atoms with van der Waals surface area (Å²) in [5.74, 6) is 1.42. The van der Waals surface area contributed by atoms with Gasteiger partial charge in [-0.2, -0.15) is 0 Å². The number of rotatable bonds is 6. The molecule has 0 aliphatic carbocycles. The number of aromatic hydroxyl groups is 1. The number of Topliss-reactive ketones (excluding diaryl/α,β-unsaturated/α-hetero) is 1. The first-order chi connectivity index (χ1) is 10.7. The number of carbonyl (C=O) groups is 1. The van der Waals surface area contributed by atoms with Crippen LogP contribution in [-0.4, -0.2) is 16.5 Å². The third-order valence-corrected chi connectivity index (χ3v) is 5.00. The molecule has 0 bridgehead atoms. The summed E-state index contributed by atoms with van der Waals surface area (Å²) in [6.45, 7) is 10.5. The highest BCUT2D eigenvalue weighted by atomic mass is 16.5. The smallest absolute Gasteiger partial charge is 0.174 e. The van der Waals surface area contributed by atoms with Gasteiger partial charge >= 0.3 is 0 Å². The second kappa shape index (κ2) is 6.94.